The van der Waals surface area contributed by atoms with Crippen molar-refractivity contribution in [3.8, 4) is 6.07 Å². The topological polar surface area (TPSA) is 98.7 Å². The number of nitriles is 1. The monoisotopic (exact) mass is 348 g/mol. The highest BCUT2D eigenvalue weighted by molar-refractivity contribution is 7.99. The van der Waals surface area contributed by atoms with Crippen LogP contribution >= 0.6 is 11.8 Å². The van der Waals surface area contributed by atoms with Gasteiger partial charge < -0.3 is 14.5 Å². The van der Waals surface area contributed by atoms with Crippen LogP contribution in [-0.2, 0) is 0 Å². The number of nitrogens with zero attached hydrogens (tertiary/aromatic N) is 3. The first-order valence-electron chi connectivity index (χ1n) is 7.50. The molecule has 0 unspecified atom stereocenters. The lowest BCUT2D eigenvalue weighted by molar-refractivity contribution is 0.419. The van der Waals surface area contributed by atoms with Crippen molar-refractivity contribution in [2.45, 2.75) is 5.22 Å². The minimum atomic E-state index is -0.0752. The molecule has 0 fully saturated rings. The van der Waals surface area contributed by atoms with E-state index >= 15 is 0 Å². The van der Waals surface area contributed by atoms with Gasteiger partial charge in [-0.15, -0.1) is 0 Å². The van der Waals surface area contributed by atoms with Crippen LogP contribution in [0, 0.1) is 11.3 Å². The molecule has 2 N–H and O–H groups in total. The summed E-state index contributed by atoms with van der Waals surface area (Å²) in [4.78, 5) is 11.7. The van der Waals surface area contributed by atoms with Crippen LogP contribution in [0.2, 0.25) is 0 Å². The zero-order chi connectivity index (χ0) is 17.2. The van der Waals surface area contributed by atoms with Crippen molar-refractivity contribution in [3.05, 3.63) is 60.1 Å². The number of allylic oxidation sites excluding steroid dienone is 1. The fraction of sp³-hybridized carbons (Fsp3) is 0.0556. The molecule has 4 rings (SSSR count). The standard InChI is InChI=1S/C18H12N4O2S/c19-9-11(17-20-12-5-1-2-6-13(12)21-17)15(23)10-25-18-22-14-7-3-4-8-16(14)24-18/h1-8,23H,10H2,(H,20,21)/b15-11-. The molecule has 2 aromatic carbocycles. The van der Waals surface area contributed by atoms with E-state index in [0.29, 0.717) is 16.6 Å². The molecule has 0 saturated carbocycles. The average molecular weight is 348 g/mol. The fourth-order valence-corrected chi connectivity index (χ4v) is 3.16. The first kappa shape index (κ1) is 15.3. The SMILES string of the molecule is N#C/C(=C(/O)CSc1nc2ccccc2o1)c1nc2ccccc2[nH]1. The van der Waals surface area contributed by atoms with Crippen molar-refractivity contribution in [2.75, 3.05) is 5.75 Å². The molecular weight excluding hydrogens is 336 g/mol. The van der Waals surface area contributed by atoms with Crippen LogP contribution in [0.1, 0.15) is 5.82 Å². The van der Waals surface area contributed by atoms with Crippen LogP contribution in [0.4, 0.5) is 0 Å². The van der Waals surface area contributed by atoms with Gasteiger partial charge in [0.15, 0.2) is 11.4 Å². The number of hydrogen-bond donors (Lipinski definition) is 2. The number of rotatable bonds is 4. The molecule has 0 aliphatic heterocycles. The van der Waals surface area contributed by atoms with Crippen molar-refractivity contribution in [2.24, 2.45) is 0 Å². The molecule has 0 saturated heterocycles. The smallest absolute Gasteiger partial charge is 0.257 e. The van der Waals surface area contributed by atoms with Gasteiger partial charge in [-0.2, -0.15) is 5.26 Å². The third kappa shape index (κ3) is 2.95. The lowest BCUT2D eigenvalue weighted by Gasteiger charge is -2.00. The minimum absolute atomic E-state index is 0.0752. The number of nitrogens with one attached hydrogen (secondary N) is 1. The third-order valence-electron chi connectivity index (χ3n) is 3.63. The summed E-state index contributed by atoms with van der Waals surface area (Å²) in [5.74, 6) is 0.431. The first-order valence-corrected chi connectivity index (χ1v) is 8.49. The van der Waals surface area contributed by atoms with Crippen LogP contribution in [0.15, 0.2) is 63.9 Å². The van der Waals surface area contributed by atoms with E-state index in [9.17, 15) is 10.4 Å². The summed E-state index contributed by atoms with van der Waals surface area (Å²) in [6.07, 6.45) is 0. The highest BCUT2D eigenvalue weighted by Gasteiger charge is 2.15. The summed E-state index contributed by atoms with van der Waals surface area (Å²) in [6.45, 7) is 0. The zero-order valence-corrected chi connectivity index (χ0v) is 13.7. The van der Waals surface area contributed by atoms with Gasteiger partial charge in [0.1, 0.15) is 22.9 Å². The maximum atomic E-state index is 10.3. The van der Waals surface area contributed by atoms with E-state index in [1.54, 1.807) is 0 Å². The number of fused-ring (bicyclic) bond motifs is 2. The number of aliphatic hydroxyl groups is 1. The Balaban J connectivity index is 1.60. The number of aliphatic hydroxyl groups excluding tert-OH is 1. The van der Waals surface area contributed by atoms with Gasteiger partial charge in [0.25, 0.3) is 5.22 Å². The Morgan fingerprint density at radius 3 is 2.64 bits per heavy atom. The number of oxazole rings is 1. The molecule has 2 heterocycles. The second kappa shape index (κ2) is 6.34. The van der Waals surface area contributed by atoms with Crippen molar-refractivity contribution < 1.29 is 9.52 Å². The number of para-hydroxylation sites is 4. The molecule has 25 heavy (non-hydrogen) atoms. The molecular formula is C18H12N4O2S. The van der Waals surface area contributed by atoms with Crippen molar-refractivity contribution in [1.82, 2.24) is 15.0 Å². The van der Waals surface area contributed by atoms with E-state index in [4.69, 9.17) is 4.42 Å². The van der Waals surface area contributed by atoms with Crippen molar-refractivity contribution >= 4 is 39.5 Å². The number of benzene rings is 2. The molecule has 0 amide bonds. The van der Waals surface area contributed by atoms with Gasteiger partial charge in [0.05, 0.1) is 16.8 Å². The maximum absolute atomic E-state index is 10.3. The number of thioether (sulfide) groups is 1. The average Bonchev–Trinajstić information content (AvgIpc) is 3.23. The fourth-order valence-electron chi connectivity index (χ4n) is 2.44. The lowest BCUT2D eigenvalue weighted by atomic mass is 10.2. The van der Waals surface area contributed by atoms with Crippen LogP contribution in [-0.4, -0.2) is 25.8 Å². The van der Waals surface area contributed by atoms with Gasteiger partial charge in [0.2, 0.25) is 0 Å². The van der Waals surface area contributed by atoms with Crippen LogP contribution in [0.5, 0.6) is 0 Å². The highest BCUT2D eigenvalue weighted by Crippen LogP contribution is 2.26. The summed E-state index contributed by atoms with van der Waals surface area (Å²) in [7, 11) is 0. The van der Waals surface area contributed by atoms with Crippen molar-refractivity contribution in [1.29, 1.82) is 5.26 Å². The van der Waals surface area contributed by atoms with Gasteiger partial charge in [-0.3, -0.25) is 0 Å². The molecule has 7 heteroatoms. The summed E-state index contributed by atoms with van der Waals surface area (Å²) in [6, 6.07) is 16.9. The number of aromatic nitrogens is 3. The van der Waals surface area contributed by atoms with Crippen LogP contribution in [0.3, 0.4) is 0 Å². The van der Waals surface area contributed by atoms with Gasteiger partial charge >= 0.3 is 0 Å². The molecule has 0 aliphatic rings. The van der Waals surface area contributed by atoms with E-state index in [1.165, 1.54) is 11.8 Å². The Bertz CT molecular complexity index is 1070. The summed E-state index contributed by atoms with van der Waals surface area (Å²) in [5, 5.41) is 20.2. The number of imidazole rings is 1. The Kier molecular flexibility index (Phi) is 3.88. The van der Waals surface area contributed by atoms with Gasteiger partial charge in [-0.05, 0) is 24.3 Å². The highest BCUT2D eigenvalue weighted by atomic mass is 32.2. The Morgan fingerprint density at radius 2 is 1.88 bits per heavy atom. The number of aromatic amines is 1. The first-order chi connectivity index (χ1) is 12.2. The zero-order valence-electron chi connectivity index (χ0n) is 12.9. The summed E-state index contributed by atoms with van der Waals surface area (Å²) in [5.41, 5.74) is 3.10. The number of H-pyrrole nitrogens is 1. The molecule has 0 radical (unpaired) electrons. The van der Waals surface area contributed by atoms with Gasteiger partial charge in [0, 0.05) is 0 Å². The van der Waals surface area contributed by atoms with Crippen LogP contribution in [0.25, 0.3) is 27.7 Å². The molecule has 2 aromatic heterocycles. The Morgan fingerprint density at radius 1 is 1.12 bits per heavy atom. The van der Waals surface area contributed by atoms with E-state index in [0.717, 1.165) is 16.6 Å². The number of hydrogen-bond acceptors (Lipinski definition) is 6. The second-order valence-electron chi connectivity index (χ2n) is 5.27. The summed E-state index contributed by atoms with van der Waals surface area (Å²) < 4.78 is 5.60. The summed E-state index contributed by atoms with van der Waals surface area (Å²) >= 11 is 1.22. The van der Waals surface area contributed by atoms with Gasteiger partial charge in [-0.25, -0.2) is 9.97 Å². The molecule has 6 nitrogen and oxygen atoms in total. The molecule has 4 aromatic rings. The quantitative estimate of drug-likeness (QED) is 0.324. The van der Waals surface area contributed by atoms with Gasteiger partial charge in [-0.1, -0.05) is 36.0 Å². The lowest BCUT2D eigenvalue weighted by Crippen LogP contribution is -1.95. The Hall–Kier alpha value is -3.24. The largest absolute Gasteiger partial charge is 0.510 e. The molecule has 0 aliphatic carbocycles. The normalized spacial score (nSPS) is 12.3. The molecule has 0 atom stereocenters. The predicted octanol–water partition coefficient (Wildman–Crippen LogP) is 4.29. The maximum Gasteiger partial charge on any atom is 0.257 e. The second-order valence-corrected chi connectivity index (χ2v) is 6.20. The minimum Gasteiger partial charge on any atom is -0.510 e. The Labute approximate surface area is 146 Å². The van der Waals surface area contributed by atoms with E-state index < -0.39 is 0 Å². The predicted molar refractivity (Wildman–Crippen MR) is 96.0 cm³/mol. The van der Waals surface area contributed by atoms with E-state index in [-0.39, 0.29) is 17.1 Å². The molecule has 0 bridgehead atoms. The van der Waals surface area contributed by atoms with Crippen LogP contribution < -0.4 is 0 Å². The van der Waals surface area contributed by atoms with E-state index in [2.05, 4.69) is 15.0 Å². The van der Waals surface area contributed by atoms with E-state index in [1.807, 2.05) is 54.6 Å². The third-order valence-corrected chi connectivity index (χ3v) is 4.47. The molecule has 122 valence electrons. The van der Waals surface area contributed by atoms with Crippen molar-refractivity contribution in [3.63, 3.8) is 0 Å². The molecule has 0 spiro atoms.